The standard InChI is InChI=1S/C20H25NOSi/c1-17(16-21-5)22-23(20(2,3)4,18-12-8-6-9-13-18)19-14-10-7-11-15-19/h6-15,17H,16H2,1-4H3. The van der Waals surface area contributed by atoms with Gasteiger partial charge in [-0.15, -0.1) is 0 Å². The van der Waals surface area contributed by atoms with Crippen molar-refractivity contribution in [2.75, 3.05) is 6.54 Å². The van der Waals surface area contributed by atoms with Gasteiger partial charge in [-0.05, 0) is 22.3 Å². The van der Waals surface area contributed by atoms with Crippen molar-refractivity contribution in [2.45, 2.75) is 38.8 Å². The van der Waals surface area contributed by atoms with Crippen molar-refractivity contribution in [2.24, 2.45) is 0 Å². The Kier molecular flexibility index (Phi) is 5.41. The van der Waals surface area contributed by atoms with Crippen LogP contribution in [0.25, 0.3) is 4.85 Å². The quantitative estimate of drug-likeness (QED) is 0.601. The summed E-state index contributed by atoms with van der Waals surface area (Å²) in [6.07, 6.45) is -0.0844. The van der Waals surface area contributed by atoms with E-state index in [9.17, 15) is 0 Å². The molecule has 0 radical (unpaired) electrons. The average Bonchev–Trinajstić information content (AvgIpc) is 2.53. The Hall–Kier alpha value is -1.89. The van der Waals surface area contributed by atoms with Crippen LogP contribution >= 0.6 is 0 Å². The zero-order valence-electron chi connectivity index (χ0n) is 14.4. The van der Waals surface area contributed by atoms with E-state index in [1.165, 1.54) is 10.4 Å². The molecule has 120 valence electrons. The van der Waals surface area contributed by atoms with E-state index in [0.29, 0.717) is 6.54 Å². The van der Waals surface area contributed by atoms with Gasteiger partial charge < -0.3 is 9.27 Å². The van der Waals surface area contributed by atoms with Gasteiger partial charge in [0, 0.05) is 0 Å². The van der Waals surface area contributed by atoms with E-state index in [-0.39, 0.29) is 11.1 Å². The van der Waals surface area contributed by atoms with Gasteiger partial charge >= 0.3 is 0 Å². The second kappa shape index (κ2) is 7.12. The van der Waals surface area contributed by atoms with E-state index in [0.717, 1.165) is 0 Å². The van der Waals surface area contributed by atoms with Crippen molar-refractivity contribution in [3.63, 3.8) is 0 Å². The lowest BCUT2D eigenvalue weighted by atomic mass is 10.2. The van der Waals surface area contributed by atoms with Crippen molar-refractivity contribution in [1.82, 2.24) is 0 Å². The molecule has 0 amide bonds. The van der Waals surface area contributed by atoms with Gasteiger partial charge in [0.2, 0.25) is 6.54 Å². The number of hydrogen-bond donors (Lipinski definition) is 0. The van der Waals surface area contributed by atoms with Crippen LogP contribution in [-0.2, 0) is 4.43 Å². The summed E-state index contributed by atoms with van der Waals surface area (Å²) in [5.41, 5.74) is 0. The molecule has 2 aromatic rings. The highest BCUT2D eigenvalue weighted by Crippen LogP contribution is 2.37. The Morgan fingerprint density at radius 2 is 1.39 bits per heavy atom. The molecule has 0 spiro atoms. The van der Waals surface area contributed by atoms with E-state index < -0.39 is 8.32 Å². The van der Waals surface area contributed by atoms with Crippen LogP contribution in [0.5, 0.6) is 0 Å². The molecule has 2 aromatic carbocycles. The van der Waals surface area contributed by atoms with E-state index in [1.807, 2.05) is 19.1 Å². The molecule has 0 saturated carbocycles. The van der Waals surface area contributed by atoms with Crippen LogP contribution in [0.4, 0.5) is 0 Å². The largest absolute Gasteiger partial charge is 0.397 e. The zero-order valence-corrected chi connectivity index (χ0v) is 15.4. The van der Waals surface area contributed by atoms with Crippen LogP contribution < -0.4 is 10.4 Å². The van der Waals surface area contributed by atoms with Crippen LogP contribution in [0.2, 0.25) is 5.04 Å². The first-order valence-electron chi connectivity index (χ1n) is 8.04. The molecule has 0 saturated heterocycles. The van der Waals surface area contributed by atoms with Crippen molar-refractivity contribution in [1.29, 1.82) is 0 Å². The molecule has 0 fully saturated rings. The molecule has 0 bridgehead atoms. The summed E-state index contributed by atoms with van der Waals surface area (Å²) < 4.78 is 6.74. The lowest BCUT2D eigenvalue weighted by molar-refractivity contribution is 0.222. The molecule has 0 aliphatic carbocycles. The molecule has 2 rings (SSSR count). The molecule has 0 heterocycles. The summed E-state index contributed by atoms with van der Waals surface area (Å²) in [6.45, 7) is 16.3. The fraction of sp³-hybridized carbons (Fsp3) is 0.350. The van der Waals surface area contributed by atoms with Crippen molar-refractivity contribution >= 4 is 18.7 Å². The average molecular weight is 324 g/mol. The second-order valence-corrected chi connectivity index (χ2v) is 11.2. The molecule has 1 unspecified atom stereocenters. The predicted octanol–water partition coefficient (Wildman–Crippen LogP) is 3.87. The molecule has 0 aromatic heterocycles. The van der Waals surface area contributed by atoms with Crippen molar-refractivity contribution in [3.05, 3.63) is 72.1 Å². The summed E-state index contributed by atoms with van der Waals surface area (Å²) in [5.74, 6) is 0. The van der Waals surface area contributed by atoms with Crippen LogP contribution in [0.15, 0.2) is 60.7 Å². The van der Waals surface area contributed by atoms with E-state index in [1.54, 1.807) is 0 Å². The minimum absolute atomic E-state index is 0.0357. The predicted molar refractivity (Wildman–Crippen MR) is 99.6 cm³/mol. The minimum atomic E-state index is -2.49. The Morgan fingerprint density at radius 1 is 0.957 bits per heavy atom. The van der Waals surface area contributed by atoms with E-state index in [4.69, 9.17) is 11.0 Å². The SMILES string of the molecule is [C-]#[N+]CC(C)O[Si](c1ccccc1)(c1ccccc1)C(C)(C)C. The van der Waals surface area contributed by atoms with Gasteiger partial charge in [0.25, 0.3) is 8.32 Å². The van der Waals surface area contributed by atoms with Crippen LogP contribution in [0.1, 0.15) is 27.7 Å². The Bertz CT molecular complexity index is 616. The van der Waals surface area contributed by atoms with Crippen molar-refractivity contribution in [3.8, 4) is 0 Å². The monoisotopic (exact) mass is 323 g/mol. The zero-order chi connectivity index (χ0) is 16.9. The minimum Gasteiger partial charge on any atom is -0.397 e. The van der Waals surface area contributed by atoms with Gasteiger partial charge in [0.05, 0.1) is 0 Å². The highest BCUT2D eigenvalue weighted by molar-refractivity contribution is 6.99. The Balaban J connectivity index is 2.67. The summed E-state index contributed by atoms with van der Waals surface area (Å²) >= 11 is 0. The van der Waals surface area contributed by atoms with Crippen LogP contribution in [-0.4, -0.2) is 21.0 Å². The van der Waals surface area contributed by atoms with Crippen LogP contribution in [0.3, 0.4) is 0 Å². The fourth-order valence-electron chi connectivity index (χ4n) is 3.16. The van der Waals surface area contributed by atoms with Gasteiger partial charge in [0.1, 0.15) is 6.10 Å². The molecule has 0 N–H and O–H groups in total. The van der Waals surface area contributed by atoms with Gasteiger partial charge in [-0.25, -0.2) is 6.57 Å². The molecule has 2 nitrogen and oxygen atoms in total. The lowest BCUT2D eigenvalue weighted by Gasteiger charge is -2.44. The third kappa shape index (κ3) is 3.55. The molecule has 23 heavy (non-hydrogen) atoms. The fourth-order valence-corrected chi connectivity index (χ4v) is 7.85. The third-order valence-corrected chi connectivity index (χ3v) is 9.30. The Morgan fingerprint density at radius 3 is 1.74 bits per heavy atom. The van der Waals surface area contributed by atoms with Gasteiger partial charge in [0.15, 0.2) is 0 Å². The highest BCUT2D eigenvalue weighted by Gasteiger charge is 2.51. The number of hydrogen-bond acceptors (Lipinski definition) is 1. The van der Waals surface area contributed by atoms with E-state index in [2.05, 4.69) is 74.1 Å². The first-order chi connectivity index (χ1) is 10.9. The second-order valence-electron chi connectivity index (χ2n) is 6.93. The molecule has 3 heteroatoms. The topological polar surface area (TPSA) is 13.6 Å². The maximum absolute atomic E-state index is 7.17. The maximum Gasteiger partial charge on any atom is 0.261 e. The smallest absolute Gasteiger partial charge is 0.261 e. The number of nitrogens with zero attached hydrogens (tertiary/aromatic N) is 1. The van der Waals surface area contributed by atoms with Crippen molar-refractivity contribution < 1.29 is 4.43 Å². The molecule has 1 atom stereocenters. The van der Waals surface area contributed by atoms with Crippen LogP contribution in [0, 0.1) is 6.57 Å². The maximum atomic E-state index is 7.17. The number of rotatable bonds is 5. The third-order valence-electron chi connectivity index (χ3n) is 4.14. The molecular weight excluding hydrogens is 298 g/mol. The lowest BCUT2D eigenvalue weighted by Crippen LogP contribution is -2.67. The van der Waals surface area contributed by atoms with Gasteiger partial charge in [-0.3, -0.25) is 0 Å². The first-order valence-corrected chi connectivity index (χ1v) is 9.94. The summed E-state index contributed by atoms with van der Waals surface area (Å²) in [5, 5.41) is 2.48. The molecule has 0 aliphatic rings. The van der Waals surface area contributed by atoms with E-state index >= 15 is 0 Å². The highest BCUT2D eigenvalue weighted by atomic mass is 28.4. The molecule has 0 aliphatic heterocycles. The normalized spacial score (nSPS) is 13.3. The molecular formula is C20H25NOSi. The van der Waals surface area contributed by atoms with Gasteiger partial charge in [-0.1, -0.05) is 81.4 Å². The summed E-state index contributed by atoms with van der Waals surface area (Å²) in [7, 11) is -2.49. The Labute approximate surface area is 141 Å². The summed E-state index contributed by atoms with van der Waals surface area (Å²) in [4.78, 5) is 3.54. The number of benzene rings is 2. The first kappa shape index (κ1) is 17.5. The van der Waals surface area contributed by atoms with Gasteiger partial charge in [-0.2, -0.15) is 0 Å². The summed E-state index contributed by atoms with van der Waals surface area (Å²) in [6, 6.07) is 21.1.